The number of hydrogen-bond acceptors (Lipinski definition) is 2. The highest BCUT2D eigenvalue weighted by atomic mass is 16.2. The number of hydrogen-bond donors (Lipinski definition) is 2. The van der Waals surface area contributed by atoms with E-state index in [1.165, 1.54) is 19.3 Å². The minimum absolute atomic E-state index is 0.183. The Kier molecular flexibility index (Phi) is 2.67. The molecule has 4 nitrogen and oxygen atoms in total. The minimum Gasteiger partial charge on any atom is -0.365 e. The average molecular weight is 233 g/mol. The number of fused-ring (bicyclic) bond motifs is 2. The summed E-state index contributed by atoms with van der Waals surface area (Å²) in [4.78, 5) is 17.5. The Morgan fingerprint density at radius 1 is 1.35 bits per heavy atom. The number of amides is 1. The molecule has 1 aromatic heterocycles. The van der Waals surface area contributed by atoms with Gasteiger partial charge in [-0.2, -0.15) is 0 Å². The maximum Gasteiger partial charge on any atom is 0.255 e. The van der Waals surface area contributed by atoms with Gasteiger partial charge in [-0.1, -0.05) is 6.42 Å². The molecule has 2 N–H and O–H groups in total. The number of H-pyrrole nitrogens is 1. The van der Waals surface area contributed by atoms with Crippen molar-refractivity contribution in [2.45, 2.75) is 38.3 Å². The Labute approximate surface area is 101 Å². The molecule has 1 amide bonds. The fraction of sp³-hybridized carbons (Fsp3) is 0.615. The van der Waals surface area contributed by atoms with Gasteiger partial charge in [0, 0.05) is 37.1 Å². The van der Waals surface area contributed by atoms with Crippen molar-refractivity contribution in [3.8, 4) is 0 Å². The summed E-state index contributed by atoms with van der Waals surface area (Å²) in [7, 11) is 0. The van der Waals surface area contributed by atoms with Gasteiger partial charge >= 0.3 is 0 Å². The van der Waals surface area contributed by atoms with Gasteiger partial charge in [-0.3, -0.25) is 4.79 Å². The molecule has 2 bridgehead atoms. The molecule has 0 aliphatic carbocycles. The first-order valence-electron chi connectivity index (χ1n) is 6.43. The summed E-state index contributed by atoms with van der Waals surface area (Å²) in [5.74, 6) is 0.183. The summed E-state index contributed by atoms with van der Waals surface area (Å²) < 4.78 is 0. The topological polar surface area (TPSA) is 48.1 Å². The van der Waals surface area contributed by atoms with Gasteiger partial charge in [0.25, 0.3) is 5.91 Å². The van der Waals surface area contributed by atoms with Crippen molar-refractivity contribution in [1.29, 1.82) is 0 Å². The molecule has 4 heteroatoms. The molecule has 1 aromatic rings. The van der Waals surface area contributed by atoms with E-state index in [1.54, 1.807) is 0 Å². The van der Waals surface area contributed by atoms with Gasteiger partial charge in [0.1, 0.15) is 0 Å². The maximum absolute atomic E-state index is 12.4. The molecule has 2 atom stereocenters. The van der Waals surface area contributed by atoms with Crippen molar-refractivity contribution in [2.24, 2.45) is 0 Å². The number of likely N-dealkylation sites (tertiary alicyclic amines) is 1. The summed E-state index contributed by atoms with van der Waals surface area (Å²) in [6, 6.07) is 2.89. The molecule has 3 rings (SSSR count). The molecule has 0 radical (unpaired) electrons. The van der Waals surface area contributed by atoms with Crippen molar-refractivity contribution in [2.75, 3.05) is 13.1 Å². The van der Waals surface area contributed by atoms with E-state index in [0.29, 0.717) is 12.1 Å². The van der Waals surface area contributed by atoms with Crippen LogP contribution in [-0.2, 0) is 0 Å². The van der Waals surface area contributed by atoms with E-state index in [0.717, 1.165) is 24.3 Å². The quantitative estimate of drug-likeness (QED) is 0.768. The molecule has 3 heterocycles. The highest BCUT2D eigenvalue weighted by molar-refractivity contribution is 5.95. The van der Waals surface area contributed by atoms with E-state index in [9.17, 15) is 4.79 Å². The van der Waals surface area contributed by atoms with Crippen LogP contribution in [0.2, 0.25) is 0 Å². The molecule has 2 aliphatic rings. The molecule has 0 saturated carbocycles. The maximum atomic E-state index is 12.4. The van der Waals surface area contributed by atoms with Crippen molar-refractivity contribution < 1.29 is 4.79 Å². The zero-order valence-electron chi connectivity index (χ0n) is 10.2. The lowest BCUT2D eigenvalue weighted by molar-refractivity contribution is 0.0607. The molecule has 17 heavy (non-hydrogen) atoms. The van der Waals surface area contributed by atoms with Crippen LogP contribution in [0, 0.1) is 6.92 Å². The second kappa shape index (κ2) is 4.18. The number of rotatable bonds is 1. The van der Waals surface area contributed by atoms with Gasteiger partial charge in [-0.15, -0.1) is 0 Å². The Bertz CT molecular complexity index is 414. The lowest BCUT2D eigenvalue weighted by Gasteiger charge is -2.42. The predicted octanol–water partition coefficient (Wildman–Crippen LogP) is 1.29. The number of carbonyl (C=O) groups is 1. The number of aromatic amines is 1. The molecular formula is C13H19N3O. The summed E-state index contributed by atoms with van der Waals surface area (Å²) >= 11 is 0. The van der Waals surface area contributed by atoms with Gasteiger partial charge in [0.15, 0.2) is 0 Å². The lowest BCUT2D eigenvalue weighted by Crippen LogP contribution is -2.59. The molecule has 2 saturated heterocycles. The van der Waals surface area contributed by atoms with Crippen LogP contribution in [0.1, 0.15) is 35.3 Å². The first-order chi connectivity index (χ1) is 8.24. The fourth-order valence-corrected chi connectivity index (χ4v) is 3.03. The van der Waals surface area contributed by atoms with Crippen LogP contribution in [0.15, 0.2) is 12.3 Å². The zero-order valence-corrected chi connectivity index (χ0v) is 10.2. The molecule has 2 fully saturated rings. The number of piperidine rings is 1. The van der Waals surface area contributed by atoms with E-state index < -0.39 is 0 Å². The Morgan fingerprint density at radius 3 is 2.65 bits per heavy atom. The number of aromatic nitrogens is 1. The van der Waals surface area contributed by atoms with E-state index in [-0.39, 0.29) is 5.91 Å². The highest BCUT2D eigenvalue weighted by Gasteiger charge is 2.32. The van der Waals surface area contributed by atoms with Crippen molar-refractivity contribution in [3.63, 3.8) is 0 Å². The minimum atomic E-state index is 0.183. The summed E-state index contributed by atoms with van der Waals surface area (Å²) in [5, 5.41) is 3.60. The third kappa shape index (κ3) is 1.97. The SMILES string of the molecule is Cc1[nH]ccc1C(=O)N1CC2CCCC(C1)N2. The summed E-state index contributed by atoms with van der Waals surface area (Å²) in [5.41, 5.74) is 1.80. The Balaban J connectivity index is 1.76. The number of carbonyl (C=O) groups excluding carboxylic acids is 1. The lowest BCUT2D eigenvalue weighted by atomic mass is 9.94. The van der Waals surface area contributed by atoms with Crippen LogP contribution in [0.5, 0.6) is 0 Å². The normalized spacial score (nSPS) is 28.2. The van der Waals surface area contributed by atoms with Crippen molar-refractivity contribution >= 4 is 5.91 Å². The van der Waals surface area contributed by atoms with Gasteiger partial charge in [-0.25, -0.2) is 0 Å². The number of nitrogens with zero attached hydrogens (tertiary/aromatic N) is 1. The van der Waals surface area contributed by atoms with Crippen LogP contribution >= 0.6 is 0 Å². The molecule has 0 aromatic carbocycles. The van der Waals surface area contributed by atoms with E-state index in [4.69, 9.17) is 0 Å². The second-order valence-corrected chi connectivity index (χ2v) is 5.22. The van der Waals surface area contributed by atoms with Crippen LogP contribution in [0.3, 0.4) is 0 Å². The second-order valence-electron chi connectivity index (χ2n) is 5.22. The van der Waals surface area contributed by atoms with Gasteiger partial charge in [-0.05, 0) is 25.8 Å². The predicted molar refractivity (Wildman–Crippen MR) is 66.0 cm³/mol. The van der Waals surface area contributed by atoms with Gasteiger partial charge in [0.05, 0.1) is 5.56 Å². The van der Waals surface area contributed by atoms with Crippen molar-refractivity contribution in [1.82, 2.24) is 15.2 Å². The first-order valence-corrected chi connectivity index (χ1v) is 6.43. The van der Waals surface area contributed by atoms with Crippen LogP contribution < -0.4 is 5.32 Å². The smallest absolute Gasteiger partial charge is 0.255 e. The molecule has 2 aliphatic heterocycles. The third-order valence-electron chi connectivity index (χ3n) is 3.93. The Hall–Kier alpha value is -1.29. The summed E-state index contributed by atoms with van der Waals surface area (Å²) in [6.07, 6.45) is 5.54. The van der Waals surface area contributed by atoms with Crippen molar-refractivity contribution in [3.05, 3.63) is 23.5 Å². The number of aryl methyl sites for hydroxylation is 1. The molecule has 0 spiro atoms. The largest absolute Gasteiger partial charge is 0.365 e. The highest BCUT2D eigenvalue weighted by Crippen LogP contribution is 2.21. The monoisotopic (exact) mass is 233 g/mol. The van der Waals surface area contributed by atoms with Crippen LogP contribution in [-0.4, -0.2) is 41.0 Å². The fourth-order valence-electron chi connectivity index (χ4n) is 3.03. The first kappa shape index (κ1) is 10.8. The third-order valence-corrected chi connectivity index (χ3v) is 3.93. The molecule has 92 valence electrons. The number of nitrogens with one attached hydrogen (secondary N) is 2. The van der Waals surface area contributed by atoms with E-state index in [2.05, 4.69) is 10.3 Å². The summed E-state index contributed by atoms with van der Waals surface area (Å²) in [6.45, 7) is 3.68. The van der Waals surface area contributed by atoms with Gasteiger partial charge < -0.3 is 15.2 Å². The van der Waals surface area contributed by atoms with Crippen LogP contribution in [0.25, 0.3) is 0 Å². The number of piperazine rings is 1. The van der Waals surface area contributed by atoms with Crippen LogP contribution in [0.4, 0.5) is 0 Å². The van der Waals surface area contributed by atoms with E-state index in [1.807, 2.05) is 24.1 Å². The zero-order chi connectivity index (χ0) is 11.8. The van der Waals surface area contributed by atoms with E-state index >= 15 is 0 Å². The van der Waals surface area contributed by atoms with Gasteiger partial charge in [0.2, 0.25) is 0 Å². The molecule has 2 unspecified atom stereocenters. The Morgan fingerprint density at radius 2 is 2.06 bits per heavy atom. The average Bonchev–Trinajstić information content (AvgIpc) is 2.74. The molecular weight excluding hydrogens is 214 g/mol. The standard InChI is InChI=1S/C13H19N3O/c1-9-12(5-6-14-9)13(17)16-7-10-3-2-4-11(8-16)15-10/h5-6,10-11,14-15H,2-4,7-8H2,1H3.